The predicted octanol–water partition coefficient (Wildman–Crippen LogP) is 2.84. The zero-order chi connectivity index (χ0) is 18.0. The summed E-state index contributed by atoms with van der Waals surface area (Å²) < 4.78 is 0. The maximum atomic E-state index is 12.3. The van der Waals surface area contributed by atoms with Crippen LogP contribution in [0.5, 0.6) is 0 Å². The molecule has 124 valence electrons. The molecule has 1 heterocycles. The molecule has 6 nitrogen and oxygen atoms in total. The molecule has 0 spiro atoms. The minimum atomic E-state index is -0.489. The summed E-state index contributed by atoms with van der Waals surface area (Å²) in [4.78, 5) is 37.7. The van der Waals surface area contributed by atoms with Gasteiger partial charge in [0.2, 0.25) is 5.91 Å². The molecule has 0 radical (unpaired) electrons. The molecule has 0 saturated heterocycles. The largest absolute Gasteiger partial charge is 0.326 e. The second-order valence-electron chi connectivity index (χ2n) is 5.41. The molecule has 3 rings (SSSR count). The van der Waals surface area contributed by atoms with Crippen LogP contribution >= 0.6 is 11.6 Å². The van der Waals surface area contributed by atoms with Crippen LogP contribution in [0, 0.1) is 11.3 Å². The molecule has 2 aromatic rings. The van der Waals surface area contributed by atoms with Gasteiger partial charge in [-0.3, -0.25) is 19.3 Å². The fraction of sp³-hybridized carbons (Fsp3) is 0.111. The summed E-state index contributed by atoms with van der Waals surface area (Å²) in [5.74, 6) is -1.28. The normalized spacial score (nSPS) is 12.7. The molecule has 1 N–H and O–H groups in total. The lowest BCUT2D eigenvalue weighted by molar-refractivity contribution is -0.116. The Hall–Kier alpha value is -3.17. The van der Waals surface area contributed by atoms with Crippen LogP contribution in [-0.4, -0.2) is 29.2 Å². The fourth-order valence-electron chi connectivity index (χ4n) is 2.56. The third-order valence-corrected chi connectivity index (χ3v) is 4.12. The minimum Gasteiger partial charge on any atom is -0.326 e. The van der Waals surface area contributed by atoms with Gasteiger partial charge in [-0.15, -0.1) is 0 Å². The number of hydrogen-bond donors (Lipinski definition) is 1. The van der Waals surface area contributed by atoms with Crippen molar-refractivity contribution >= 4 is 35.0 Å². The number of benzene rings is 2. The van der Waals surface area contributed by atoms with Crippen molar-refractivity contribution in [1.29, 1.82) is 5.26 Å². The molecule has 1 aliphatic heterocycles. The van der Waals surface area contributed by atoms with E-state index in [0.29, 0.717) is 11.3 Å². The Bertz CT molecular complexity index is 916. The standard InChI is InChI=1S/C18H12ClN3O3/c19-14-3-1-2-13-16(14)18(25)22(17(13)24)9-8-15(23)21-12-6-4-11(10-20)5-7-12/h1-7H,8-9H2,(H,21,23). The Morgan fingerprint density at radius 2 is 1.84 bits per heavy atom. The molecule has 0 saturated carbocycles. The lowest BCUT2D eigenvalue weighted by atomic mass is 10.1. The van der Waals surface area contributed by atoms with Crippen molar-refractivity contribution in [3.8, 4) is 6.07 Å². The number of amides is 3. The first-order valence-corrected chi connectivity index (χ1v) is 7.84. The Morgan fingerprint density at radius 1 is 1.12 bits per heavy atom. The summed E-state index contributed by atoms with van der Waals surface area (Å²) in [7, 11) is 0. The summed E-state index contributed by atoms with van der Waals surface area (Å²) in [6.45, 7) is -0.0369. The van der Waals surface area contributed by atoms with E-state index in [0.717, 1.165) is 4.90 Å². The lowest BCUT2D eigenvalue weighted by Crippen LogP contribution is -2.32. The Morgan fingerprint density at radius 3 is 2.48 bits per heavy atom. The predicted molar refractivity (Wildman–Crippen MR) is 91.2 cm³/mol. The highest BCUT2D eigenvalue weighted by atomic mass is 35.5. The van der Waals surface area contributed by atoms with Gasteiger partial charge in [0.25, 0.3) is 11.8 Å². The summed E-state index contributed by atoms with van der Waals surface area (Å²) in [5.41, 5.74) is 1.46. The molecule has 7 heteroatoms. The van der Waals surface area contributed by atoms with E-state index >= 15 is 0 Å². The van der Waals surface area contributed by atoms with Gasteiger partial charge in [-0.25, -0.2) is 0 Å². The highest BCUT2D eigenvalue weighted by molar-refractivity contribution is 6.37. The molecular weight excluding hydrogens is 342 g/mol. The van der Waals surface area contributed by atoms with E-state index in [-0.39, 0.29) is 35.0 Å². The maximum Gasteiger partial charge on any atom is 0.263 e. The number of carbonyl (C=O) groups is 3. The Balaban J connectivity index is 1.63. The fourth-order valence-corrected chi connectivity index (χ4v) is 2.82. The van der Waals surface area contributed by atoms with Gasteiger partial charge in [-0.2, -0.15) is 5.26 Å². The second-order valence-corrected chi connectivity index (χ2v) is 5.82. The Kier molecular flexibility index (Phi) is 4.50. The zero-order valence-electron chi connectivity index (χ0n) is 13.0. The lowest BCUT2D eigenvalue weighted by Gasteiger charge is -2.13. The number of fused-ring (bicyclic) bond motifs is 1. The average Bonchev–Trinajstić information content (AvgIpc) is 2.86. The van der Waals surface area contributed by atoms with E-state index in [1.165, 1.54) is 6.07 Å². The third-order valence-electron chi connectivity index (χ3n) is 3.81. The number of nitriles is 1. The second kappa shape index (κ2) is 6.75. The van der Waals surface area contributed by atoms with Gasteiger partial charge in [-0.05, 0) is 36.4 Å². The smallest absolute Gasteiger partial charge is 0.263 e. The van der Waals surface area contributed by atoms with E-state index in [1.54, 1.807) is 36.4 Å². The highest BCUT2D eigenvalue weighted by Gasteiger charge is 2.36. The van der Waals surface area contributed by atoms with E-state index < -0.39 is 11.8 Å². The highest BCUT2D eigenvalue weighted by Crippen LogP contribution is 2.29. The van der Waals surface area contributed by atoms with Crippen LogP contribution < -0.4 is 5.32 Å². The number of carbonyl (C=O) groups excluding carboxylic acids is 3. The van der Waals surface area contributed by atoms with Crippen molar-refractivity contribution in [3.05, 3.63) is 64.2 Å². The number of halogens is 1. The first-order valence-electron chi connectivity index (χ1n) is 7.46. The summed E-state index contributed by atoms with van der Waals surface area (Å²) in [6, 6.07) is 13.1. The average molecular weight is 354 g/mol. The molecule has 0 aromatic heterocycles. The quantitative estimate of drug-likeness (QED) is 0.856. The molecule has 0 fully saturated rings. The first-order chi connectivity index (χ1) is 12.0. The number of hydrogen-bond acceptors (Lipinski definition) is 4. The van der Waals surface area contributed by atoms with Crippen molar-refractivity contribution in [3.63, 3.8) is 0 Å². The topological polar surface area (TPSA) is 90.3 Å². The van der Waals surface area contributed by atoms with Crippen LogP contribution in [-0.2, 0) is 4.79 Å². The molecule has 0 atom stereocenters. The summed E-state index contributed by atoms with van der Waals surface area (Å²) >= 11 is 5.99. The number of rotatable bonds is 4. The molecule has 0 aliphatic carbocycles. The van der Waals surface area contributed by atoms with Crippen LogP contribution in [0.15, 0.2) is 42.5 Å². The molecule has 3 amide bonds. The van der Waals surface area contributed by atoms with Crippen LogP contribution in [0.2, 0.25) is 5.02 Å². The number of nitrogens with zero attached hydrogens (tertiary/aromatic N) is 2. The van der Waals surface area contributed by atoms with Gasteiger partial charge in [0.05, 0.1) is 27.8 Å². The molecular formula is C18H12ClN3O3. The molecule has 0 unspecified atom stereocenters. The van der Waals surface area contributed by atoms with Gasteiger partial charge in [0, 0.05) is 18.7 Å². The van der Waals surface area contributed by atoms with Crippen molar-refractivity contribution in [2.24, 2.45) is 0 Å². The van der Waals surface area contributed by atoms with Crippen LogP contribution in [0.3, 0.4) is 0 Å². The summed E-state index contributed by atoms with van der Waals surface area (Å²) in [5, 5.41) is 11.6. The van der Waals surface area contributed by atoms with Gasteiger partial charge in [-0.1, -0.05) is 17.7 Å². The van der Waals surface area contributed by atoms with Crippen molar-refractivity contribution in [2.45, 2.75) is 6.42 Å². The molecule has 25 heavy (non-hydrogen) atoms. The third kappa shape index (κ3) is 3.23. The minimum absolute atomic E-state index is 0.0369. The zero-order valence-corrected chi connectivity index (χ0v) is 13.7. The van der Waals surface area contributed by atoms with Gasteiger partial charge in [0.15, 0.2) is 0 Å². The van der Waals surface area contributed by atoms with Gasteiger partial charge < -0.3 is 5.32 Å². The first kappa shape index (κ1) is 16.7. The molecule has 1 aliphatic rings. The van der Waals surface area contributed by atoms with Crippen LogP contribution in [0.1, 0.15) is 32.7 Å². The molecule has 2 aromatic carbocycles. The van der Waals surface area contributed by atoms with Crippen LogP contribution in [0.4, 0.5) is 5.69 Å². The maximum absolute atomic E-state index is 12.3. The number of nitrogens with one attached hydrogen (secondary N) is 1. The number of imide groups is 1. The van der Waals surface area contributed by atoms with E-state index in [9.17, 15) is 14.4 Å². The van der Waals surface area contributed by atoms with Crippen molar-refractivity contribution in [1.82, 2.24) is 4.90 Å². The van der Waals surface area contributed by atoms with Crippen LogP contribution in [0.25, 0.3) is 0 Å². The van der Waals surface area contributed by atoms with E-state index in [2.05, 4.69) is 5.32 Å². The van der Waals surface area contributed by atoms with Gasteiger partial charge in [0.1, 0.15) is 0 Å². The Labute approximate surface area is 148 Å². The van der Waals surface area contributed by atoms with Crippen molar-refractivity contribution in [2.75, 3.05) is 11.9 Å². The molecule has 0 bridgehead atoms. The van der Waals surface area contributed by atoms with E-state index in [1.807, 2.05) is 6.07 Å². The number of anilines is 1. The van der Waals surface area contributed by atoms with Crippen molar-refractivity contribution < 1.29 is 14.4 Å². The SMILES string of the molecule is N#Cc1ccc(NC(=O)CCN2C(=O)c3cccc(Cl)c3C2=O)cc1. The monoisotopic (exact) mass is 353 g/mol. The summed E-state index contributed by atoms with van der Waals surface area (Å²) in [6.07, 6.45) is -0.0386. The van der Waals surface area contributed by atoms with E-state index in [4.69, 9.17) is 16.9 Å². The van der Waals surface area contributed by atoms with Gasteiger partial charge >= 0.3 is 0 Å².